The molecule has 0 bridgehead atoms. The Morgan fingerprint density at radius 2 is 1.91 bits per heavy atom. The van der Waals surface area contributed by atoms with Gasteiger partial charge in [-0.25, -0.2) is 0 Å². The monoisotopic (exact) mass is 459 g/mol. The van der Waals surface area contributed by atoms with Crippen molar-refractivity contribution in [3.05, 3.63) is 79.9 Å². The highest BCUT2D eigenvalue weighted by Crippen LogP contribution is 2.30. The molecular weight excluding hydrogens is 438 g/mol. The van der Waals surface area contributed by atoms with Gasteiger partial charge >= 0.3 is 0 Å². The van der Waals surface area contributed by atoms with Crippen molar-refractivity contribution < 1.29 is 14.2 Å². The molecule has 3 heterocycles. The number of hydrogen-bond donors (Lipinski definition) is 0. The summed E-state index contributed by atoms with van der Waals surface area (Å²) >= 11 is 1.31. The maximum absolute atomic E-state index is 12.9. The maximum atomic E-state index is 12.9. The van der Waals surface area contributed by atoms with Crippen molar-refractivity contribution >= 4 is 40.6 Å². The summed E-state index contributed by atoms with van der Waals surface area (Å²) in [5.74, 6) is 2.60. The predicted molar refractivity (Wildman–Crippen MR) is 130 cm³/mol. The van der Waals surface area contributed by atoms with E-state index in [-0.39, 0.29) is 11.7 Å². The molecule has 1 atom stereocenters. The van der Waals surface area contributed by atoms with Crippen LogP contribution in [-0.4, -0.2) is 34.9 Å². The first-order valence-electron chi connectivity index (χ1n) is 10.3. The van der Waals surface area contributed by atoms with E-state index in [1.165, 1.54) is 15.9 Å². The van der Waals surface area contributed by atoms with Crippen LogP contribution < -0.4 is 24.3 Å². The van der Waals surface area contributed by atoms with Gasteiger partial charge in [0, 0.05) is 5.56 Å². The first kappa shape index (κ1) is 21.0. The van der Waals surface area contributed by atoms with Gasteiger partial charge in [-0.2, -0.15) is 9.50 Å². The Hall–Kier alpha value is -3.91. The average molecular weight is 460 g/mol. The van der Waals surface area contributed by atoms with E-state index in [4.69, 9.17) is 14.2 Å². The molecule has 0 unspecified atom stereocenters. The average Bonchev–Trinajstić information content (AvgIpc) is 3.36. The maximum Gasteiger partial charge on any atom is 0.291 e. The van der Waals surface area contributed by atoms with Gasteiger partial charge in [-0.3, -0.25) is 4.79 Å². The van der Waals surface area contributed by atoms with Crippen molar-refractivity contribution in [3.63, 3.8) is 0 Å². The minimum absolute atomic E-state index is 0.151. The fraction of sp³-hybridized carbons (Fsp3) is 0.160. The van der Waals surface area contributed by atoms with Crippen molar-refractivity contribution in [1.82, 2.24) is 14.6 Å². The topological polar surface area (TPSA) is 75.0 Å². The van der Waals surface area contributed by atoms with Crippen LogP contribution in [0, 0.1) is 0 Å². The molecular formula is C25H21N3O4S. The third-order valence-corrected chi connectivity index (χ3v) is 6.30. The molecule has 2 aromatic carbocycles. The summed E-state index contributed by atoms with van der Waals surface area (Å²) in [4.78, 5) is 17.9. The molecule has 33 heavy (non-hydrogen) atoms. The largest absolute Gasteiger partial charge is 0.493 e. The Balaban J connectivity index is 1.44. The second kappa shape index (κ2) is 8.55. The third-order valence-electron chi connectivity index (χ3n) is 5.34. The second-order valence-corrected chi connectivity index (χ2v) is 8.48. The minimum Gasteiger partial charge on any atom is -0.493 e. The number of fused-ring (bicyclic) bond motifs is 2. The third kappa shape index (κ3) is 4.01. The first-order chi connectivity index (χ1) is 16.1. The van der Waals surface area contributed by atoms with Crippen LogP contribution >= 0.6 is 11.3 Å². The van der Waals surface area contributed by atoms with Crippen molar-refractivity contribution in [3.8, 4) is 17.2 Å². The van der Waals surface area contributed by atoms with Crippen LogP contribution in [0.15, 0.2) is 52.8 Å². The summed E-state index contributed by atoms with van der Waals surface area (Å²) in [5, 5.41) is 4.36. The molecule has 5 rings (SSSR count). The van der Waals surface area contributed by atoms with Crippen LogP contribution in [0.5, 0.6) is 17.2 Å². The molecule has 7 nitrogen and oxygen atoms in total. The molecule has 0 N–H and O–H groups in total. The van der Waals surface area contributed by atoms with Crippen LogP contribution in [0.1, 0.15) is 23.9 Å². The Kier molecular flexibility index (Phi) is 5.43. The highest BCUT2D eigenvalue weighted by Gasteiger charge is 2.18. The number of thiazole rings is 1. The lowest BCUT2D eigenvalue weighted by molar-refractivity contribution is 0.259. The molecule has 0 saturated carbocycles. The zero-order chi connectivity index (χ0) is 22.9. The van der Waals surface area contributed by atoms with Crippen LogP contribution in [0.25, 0.3) is 29.3 Å². The lowest BCUT2D eigenvalue weighted by Gasteiger charge is -2.22. The fourth-order valence-electron chi connectivity index (χ4n) is 3.62. The van der Waals surface area contributed by atoms with E-state index in [0.29, 0.717) is 26.8 Å². The zero-order valence-electron chi connectivity index (χ0n) is 18.3. The molecule has 0 spiro atoms. The highest BCUT2D eigenvalue weighted by molar-refractivity contribution is 7.15. The molecule has 0 amide bonds. The van der Waals surface area contributed by atoms with Gasteiger partial charge in [-0.1, -0.05) is 41.7 Å². The van der Waals surface area contributed by atoms with E-state index in [1.54, 1.807) is 20.3 Å². The number of hydrogen-bond acceptors (Lipinski definition) is 7. The van der Waals surface area contributed by atoms with Crippen molar-refractivity contribution in [2.75, 3.05) is 14.2 Å². The van der Waals surface area contributed by atoms with Gasteiger partial charge in [0.25, 0.3) is 5.56 Å². The first-order valence-corrected chi connectivity index (χ1v) is 11.2. The number of methoxy groups -OCH3 is 2. The Labute approximate surface area is 193 Å². The van der Waals surface area contributed by atoms with E-state index < -0.39 is 0 Å². The lowest BCUT2D eigenvalue weighted by Crippen LogP contribution is -2.26. The number of aromatic nitrogens is 3. The Morgan fingerprint density at radius 3 is 2.70 bits per heavy atom. The molecule has 1 aliphatic rings. The second-order valence-electron chi connectivity index (χ2n) is 7.47. The number of nitrogens with zero attached hydrogens (tertiary/aromatic N) is 3. The summed E-state index contributed by atoms with van der Waals surface area (Å²) in [6.07, 6.45) is 7.39. The molecule has 2 aromatic heterocycles. The van der Waals surface area contributed by atoms with E-state index in [2.05, 4.69) is 16.2 Å². The smallest absolute Gasteiger partial charge is 0.291 e. The Morgan fingerprint density at radius 1 is 1.09 bits per heavy atom. The molecule has 4 aromatic rings. The normalized spacial score (nSPS) is 16.0. The molecule has 1 aliphatic heterocycles. The standard InChI is InChI=1S/C25H21N3O4S/c1-15-18(13-17-6-4-5-7-19(17)32-15)14-22-24(29)28-25(33-22)26-23(27-28)11-9-16-8-10-20(30-2)21(12-16)31-3/h4-15H,1-3H3/b11-9+,22-14-/t15-/m0/s1. The minimum atomic E-state index is -0.194. The van der Waals surface area contributed by atoms with Gasteiger partial charge in [-0.05, 0) is 54.5 Å². The van der Waals surface area contributed by atoms with Gasteiger partial charge < -0.3 is 14.2 Å². The number of benzene rings is 2. The molecule has 166 valence electrons. The van der Waals surface area contributed by atoms with Gasteiger partial charge in [0.15, 0.2) is 17.3 Å². The van der Waals surface area contributed by atoms with E-state index in [0.717, 1.165) is 22.4 Å². The number of ether oxygens (including phenoxy) is 3. The van der Waals surface area contributed by atoms with Gasteiger partial charge in [-0.15, -0.1) is 5.10 Å². The summed E-state index contributed by atoms with van der Waals surface area (Å²) in [6.45, 7) is 1.97. The van der Waals surface area contributed by atoms with Gasteiger partial charge in [0.1, 0.15) is 11.9 Å². The molecule has 0 fully saturated rings. The van der Waals surface area contributed by atoms with E-state index >= 15 is 0 Å². The summed E-state index contributed by atoms with van der Waals surface area (Å²) in [6, 6.07) is 13.4. The Bertz CT molecular complexity index is 1520. The zero-order valence-corrected chi connectivity index (χ0v) is 19.1. The van der Waals surface area contributed by atoms with Gasteiger partial charge in [0.05, 0.1) is 18.8 Å². The predicted octanol–water partition coefficient (Wildman–Crippen LogP) is 3.70. The van der Waals surface area contributed by atoms with Crippen LogP contribution in [-0.2, 0) is 0 Å². The summed E-state index contributed by atoms with van der Waals surface area (Å²) in [5.41, 5.74) is 2.64. The fourth-order valence-corrected chi connectivity index (χ4v) is 4.53. The molecule has 8 heteroatoms. The highest BCUT2D eigenvalue weighted by atomic mass is 32.1. The van der Waals surface area contributed by atoms with Crippen LogP contribution in [0.2, 0.25) is 0 Å². The quantitative estimate of drug-likeness (QED) is 0.453. The number of rotatable bonds is 5. The van der Waals surface area contributed by atoms with Gasteiger partial charge in [0.2, 0.25) is 4.96 Å². The van der Waals surface area contributed by atoms with Crippen LogP contribution in [0.3, 0.4) is 0 Å². The lowest BCUT2D eigenvalue weighted by atomic mass is 10.0. The molecule has 0 radical (unpaired) electrons. The summed E-state index contributed by atoms with van der Waals surface area (Å²) < 4.78 is 18.5. The van der Waals surface area contributed by atoms with Crippen molar-refractivity contribution in [2.24, 2.45) is 0 Å². The van der Waals surface area contributed by atoms with Crippen LogP contribution in [0.4, 0.5) is 0 Å². The number of para-hydroxylation sites is 1. The van der Waals surface area contributed by atoms with Crippen molar-refractivity contribution in [1.29, 1.82) is 0 Å². The SMILES string of the molecule is COc1ccc(/C=C/c2nc3s/c(=C\C4=Cc5ccccc5O[C@H]4C)c(=O)n3n2)cc1OC. The van der Waals surface area contributed by atoms with E-state index in [9.17, 15) is 4.79 Å². The molecule has 0 saturated heterocycles. The molecule has 0 aliphatic carbocycles. The summed E-state index contributed by atoms with van der Waals surface area (Å²) in [7, 11) is 3.19. The van der Waals surface area contributed by atoms with Crippen molar-refractivity contribution in [2.45, 2.75) is 13.0 Å². The van der Waals surface area contributed by atoms with E-state index in [1.807, 2.05) is 61.5 Å².